The molecule has 1 aliphatic rings. The Bertz CT molecular complexity index is 959. The van der Waals surface area contributed by atoms with Gasteiger partial charge in [0.15, 0.2) is 6.10 Å². The molecular formula is C17H15F3N2O4S. The largest absolute Gasteiger partial charge is 0.476 e. The number of hydrogen-bond acceptors (Lipinski definition) is 4. The second-order valence-electron chi connectivity index (χ2n) is 5.93. The number of benzene rings is 2. The van der Waals surface area contributed by atoms with Crippen LogP contribution in [-0.2, 0) is 21.0 Å². The van der Waals surface area contributed by atoms with E-state index in [0.29, 0.717) is 5.69 Å². The molecule has 0 fully saturated rings. The molecule has 144 valence electrons. The maximum Gasteiger partial charge on any atom is 0.416 e. The molecule has 0 aliphatic carbocycles. The number of nitrogens with zero attached hydrogens (tertiary/aromatic N) is 1. The Kier molecular flexibility index (Phi) is 4.77. The van der Waals surface area contributed by atoms with Crippen LogP contribution < -0.4 is 14.4 Å². The van der Waals surface area contributed by atoms with Gasteiger partial charge >= 0.3 is 6.18 Å². The Balaban J connectivity index is 1.80. The number of rotatable bonds is 3. The zero-order chi connectivity index (χ0) is 19.8. The summed E-state index contributed by atoms with van der Waals surface area (Å²) in [6, 6.07) is 10.3. The van der Waals surface area contributed by atoms with Crippen LogP contribution in [0.4, 0.5) is 24.5 Å². The fourth-order valence-corrected chi connectivity index (χ4v) is 3.53. The Morgan fingerprint density at radius 3 is 2.37 bits per heavy atom. The predicted octanol–water partition coefficient (Wildman–Crippen LogP) is 2.87. The molecule has 3 rings (SSSR count). The number of ether oxygens (including phenoxy) is 1. The molecule has 1 N–H and O–H groups in total. The highest BCUT2D eigenvalue weighted by atomic mass is 32.2. The van der Waals surface area contributed by atoms with Gasteiger partial charge in [-0.25, -0.2) is 8.42 Å². The maximum absolute atomic E-state index is 12.6. The van der Waals surface area contributed by atoms with E-state index >= 15 is 0 Å². The highest BCUT2D eigenvalue weighted by Crippen LogP contribution is 2.35. The maximum atomic E-state index is 12.6. The predicted molar refractivity (Wildman–Crippen MR) is 93.1 cm³/mol. The van der Waals surface area contributed by atoms with Crippen LogP contribution in [0.25, 0.3) is 0 Å². The van der Waals surface area contributed by atoms with Crippen LogP contribution in [0.1, 0.15) is 5.56 Å². The molecule has 1 amide bonds. The summed E-state index contributed by atoms with van der Waals surface area (Å²) in [6.45, 7) is -0.248. The standard InChI is InChI=1S/C17H15F3N2O4S/c1-27(24,25)22-10-15(26-14-5-3-2-4-13(14)22)16(23)21-12-8-6-11(7-9-12)17(18,19)20/h2-9,15H,10H2,1H3,(H,21,23)/t15-/m0/s1. The van der Waals surface area contributed by atoms with Crippen LogP contribution in [0, 0.1) is 0 Å². The number of para-hydroxylation sites is 2. The number of hydrogen-bond donors (Lipinski definition) is 1. The number of halogens is 3. The second kappa shape index (κ2) is 6.76. The van der Waals surface area contributed by atoms with Crippen molar-refractivity contribution in [3.8, 4) is 5.75 Å². The third-order valence-electron chi connectivity index (χ3n) is 3.91. The van der Waals surface area contributed by atoms with Gasteiger partial charge in [0.2, 0.25) is 10.0 Å². The lowest BCUT2D eigenvalue weighted by Crippen LogP contribution is -2.48. The average molecular weight is 400 g/mol. The van der Waals surface area contributed by atoms with E-state index in [1.165, 1.54) is 6.07 Å². The Labute approximate surface area is 153 Å². The van der Waals surface area contributed by atoms with Gasteiger partial charge in [-0.3, -0.25) is 9.10 Å². The molecule has 0 radical (unpaired) electrons. The Morgan fingerprint density at radius 2 is 1.78 bits per heavy atom. The lowest BCUT2D eigenvalue weighted by atomic mass is 10.2. The smallest absolute Gasteiger partial charge is 0.416 e. The van der Waals surface area contributed by atoms with Gasteiger partial charge in [-0.1, -0.05) is 12.1 Å². The lowest BCUT2D eigenvalue weighted by Gasteiger charge is -2.33. The van der Waals surface area contributed by atoms with Crippen molar-refractivity contribution in [2.45, 2.75) is 12.3 Å². The van der Waals surface area contributed by atoms with E-state index in [9.17, 15) is 26.4 Å². The van der Waals surface area contributed by atoms with Crippen LogP contribution >= 0.6 is 0 Å². The van der Waals surface area contributed by atoms with Crippen molar-refractivity contribution in [1.29, 1.82) is 0 Å². The van der Waals surface area contributed by atoms with Gasteiger partial charge in [0.25, 0.3) is 5.91 Å². The highest BCUT2D eigenvalue weighted by molar-refractivity contribution is 7.92. The van der Waals surface area contributed by atoms with Crippen molar-refractivity contribution >= 4 is 27.3 Å². The van der Waals surface area contributed by atoms with Gasteiger partial charge in [0.05, 0.1) is 24.1 Å². The summed E-state index contributed by atoms with van der Waals surface area (Å²) in [6.07, 6.45) is -4.62. The van der Waals surface area contributed by atoms with Crippen molar-refractivity contribution in [3.63, 3.8) is 0 Å². The molecule has 1 aliphatic heterocycles. The number of alkyl halides is 3. The molecule has 2 aromatic carbocycles. The highest BCUT2D eigenvalue weighted by Gasteiger charge is 2.35. The van der Waals surface area contributed by atoms with Crippen LogP contribution in [0.3, 0.4) is 0 Å². The molecule has 1 heterocycles. The summed E-state index contributed by atoms with van der Waals surface area (Å²) >= 11 is 0. The van der Waals surface area contributed by atoms with E-state index in [2.05, 4.69) is 5.32 Å². The molecule has 0 saturated heterocycles. The summed E-state index contributed by atoms with van der Waals surface area (Å²) in [7, 11) is -3.65. The number of fused-ring (bicyclic) bond motifs is 1. The third-order valence-corrected chi connectivity index (χ3v) is 5.05. The number of sulfonamides is 1. The molecule has 2 aromatic rings. The van der Waals surface area contributed by atoms with Crippen LogP contribution in [-0.4, -0.2) is 33.2 Å². The quantitative estimate of drug-likeness (QED) is 0.860. The number of carbonyl (C=O) groups is 1. The van der Waals surface area contributed by atoms with Gasteiger partial charge < -0.3 is 10.1 Å². The molecule has 6 nitrogen and oxygen atoms in total. The van der Waals surface area contributed by atoms with Gasteiger partial charge in [0.1, 0.15) is 5.75 Å². The van der Waals surface area contributed by atoms with Gasteiger partial charge in [-0.2, -0.15) is 13.2 Å². The van der Waals surface area contributed by atoms with E-state index in [0.717, 1.165) is 34.8 Å². The van der Waals surface area contributed by atoms with Gasteiger partial charge in [0, 0.05) is 5.69 Å². The number of carbonyl (C=O) groups excluding carboxylic acids is 1. The van der Waals surface area contributed by atoms with Gasteiger partial charge in [-0.15, -0.1) is 0 Å². The zero-order valence-electron chi connectivity index (χ0n) is 14.0. The van der Waals surface area contributed by atoms with Crippen molar-refractivity contribution in [1.82, 2.24) is 0 Å². The molecule has 1 atom stereocenters. The van der Waals surface area contributed by atoms with Crippen molar-refractivity contribution in [2.75, 3.05) is 22.4 Å². The fourth-order valence-electron chi connectivity index (χ4n) is 2.62. The minimum atomic E-state index is -4.48. The lowest BCUT2D eigenvalue weighted by molar-refractivity contribution is -0.137. The summed E-state index contributed by atoms with van der Waals surface area (Å²) in [5.41, 5.74) is -0.383. The van der Waals surface area contributed by atoms with E-state index < -0.39 is 33.8 Å². The Hall–Kier alpha value is -2.75. The summed E-state index contributed by atoms with van der Waals surface area (Å²) in [5, 5.41) is 2.44. The minimum Gasteiger partial charge on any atom is -0.476 e. The van der Waals surface area contributed by atoms with Crippen molar-refractivity contribution in [2.24, 2.45) is 0 Å². The minimum absolute atomic E-state index is 0.140. The SMILES string of the molecule is CS(=O)(=O)N1C[C@@H](C(=O)Nc2ccc(C(F)(F)F)cc2)Oc2ccccc21. The van der Waals surface area contributed by atoms with E-state index in [-0.39, 0.29) is 18.0 Å². The number of amides is 1. The molecular weight excluding hydrogens is 385 g/mol. The summed E-state index contributed by atoms with van der Waals surface area (Å²) in [4.78, 5) is 12.5. The molecule has 0 aromatic heterocycles. The molecule has 27 heavy (non-hydrogen) atoms. The zero-order valence-corrected chi connectivity index (χ0v) is 14.8. The normalized spacial score (nSPS) is 17.0. The first-order valence-corrected chi connectivity index (χ1v) is 9.62. The molecule has 0 unspecified atom stereocenters. The average Bonchev–Trinajstić information content (AvgIpc) is 2.59. The van der Waals surface area contributed by atoms with E-state index in [1.54, 1.807) is 18.2 Å². The summed E-state index contributed by atoms with van der Waals surface area (Å²) < 4.78 is 68.5. The third kappa shape index (κ3) is 4.16. The first-order chi connectivity index (χ1) is 12.6. The Morgan fingerprint density at radius 1 is 1.15 bits per heavy atom. The molecule has 0 bridgehead atoms. The van der Waals surface area contributed by atoms with Gasteiger partial charge in [-0.05, 0) is 36.4 Å². The molecule has 0 saturated carbocycles. The van der Waals surface area contributed by atoms with Crippen molar-refractivity contribution < 1.29 is 31.1 Å². The molecule has 10 heteroatoms. The van der Waals surface area contributed by atoms with E-state index in [4.69, 9.17) is 4.74 Å². The molecule has 0 spiro atoms. The summed E-state index contributed by atoms with van der Waals surface area (Å²) in [5.74, 6) is -0.445. The number of nitrogens with one attached hydrogen (secondary N) is 1. The second-order valence-corrected chi connectivity index (χ2v) is 7.84. The fraction of sp³-hybridized carbons (Fsp3) is 0.235. The monoisotopic (exact) mass is 400 g/mol. The van der Waals surface area contributed by atoms with E-state index in [1.807, 2.05) is 0 Å². The topological polar surface area (TPSA) is 75.7 Å². The first-order valence-electron chi connectivity index (χ1n) is 7.77. The number of anilines is 2. The van der Waals surface area contributed by atoms with Crippen LogP contribution in [0.5, 0.6) is 5.75 Å². The van der Waals surface area contributed by atoms with Crippen molar-refractivity contribution in [3.05, 3.63) is 54.1 Å². The van der Waals surface area contributed by atoms with Crippen LogP contribution in [0.15, 0.2) is 48.5 Å². The first kappa shape index (κ1) is 19.0. The van der Waals surface area contributed by atoms with Crippen LogP contribution in [0.2, 0.25) is 0 Å².